The lowest BCUT2D eigenvalue weighted by molar-refractivity contribution is -0.250. The maximum absolute atomic E-state index is 14.1. The summed E-state index contributed by atoms with van der Waals surface area (Å²) in [6, 6.07) is 16.1. The Morgan fingerprint density at radius 3 is 2.16 bits per heavy atom. The number of hydrogen-bond acceptors (Lipinski definition) is 2. The van der Waals surface area contributed by atoms with Gasteiger partial charge in [-0.15, -0.1) is 0 Å². The van der Waals surface area contributed by atoms with Gasteiger partial charge in [0.15, 0.2) is 0 Å². The minimum atomic E-state index is -1.12. The average molecular weight is 258 g/mol. The molecule has 0 aliphatic carbocycles. The highest BCUT2D eigenvalue weighted by atomic mass is 19.1. The lowest BCUT2D eigenvalue weighted by Gasteiger charge is -2.38. The van der Waals surface area contributed by atoms with Crippen LogP contribution in [0, 0.1) is 5.82 Å². The van der Waals surface area contributed by atoms with E-state index in [1.807, 2.05) is 30.3 Å². The normalized spacial score (nSPS) is 18.2. The van der Waals surface area contributed by atoms with E-state index in [0.717, 1.165) is 12.0 Å². The van der Waals surface area contributed by atoms with Crippen LogP contribution in [0.1, 0.15) is 17.5 Å². The van der Waals surface area contributed by atoms with Crippen LogP contribution in [-0.4, -0.2) is 13.2 Å². The fourth-order valence-corrected chi connectivity index (χ4v) is 2.40. The van der Waals surface area contributed by atoms with Crippen LogP contribution in [0.5, 0.6) is 0 Å². The zero-order chi connectivity index (χ0) is 13.1. The summed E-state index contributed by atoms with van der Waals surface area (Å²) in [4.78, 5) is 0. The molecule has 0 atom stereocenters. The third-order valence-electron chi connectivity index (χ3n) is 3.28. The molecule has 0 radical (unpaired) electrons. The Morgan fingerprint density at radius 2 is 1.47 bits per heavy atom. The molecule has 1 aliphatic rings. The third-order valence-corrected chi connectivity index (χ3v) is 3.28. The highest BCUT2D eigenvalue weighted by Gasteiger charge is 2.40. The first-order valence-electron chi connectivity index (χ1n) is 6.41. The van der Waals surface area contributed by atoms with Crippen molar-refractivity contribution in [3.8, 4) is 0 Å². The van der Waals surface area contributed by atoms with E-state index in [4.69, 9.17) is 9.47 Å². The number of hydrogen-bond donors (Lipinski definition) is 0. The lowest BCUT2D eigenvalue weighted by atomic mass is 9.96. The molecule has 0 unspecified atom stereocenters. The van der Waals surface area contributed by atoms with Gasteiger partial charge < -0.3 is 9.47 Å². The van der Waals surface area contributed by atoms with Crippen LogP contribution in [0.25, 0.3) is 0 Å². The average Bonchev–Trinajstić information content (AvgIpc) is 2.49. The molecular formula is C16H15FO2. The lowest BCUT2D eigenvalue weighted by Crippen LogP contribution is -2.39. The largest absolute Gasteiger partial charge is 0.342 e. The molecular weight excluding hydrogens is 243 g/mol. The molecule has 19 heavy (non-hydrogen) atoms. The topological polar surface area (TPSA) is 18.5 Å². The molecule has 0 bridgehead atoms. The van der Waals surface area contributed by atoms with Crippen molar-refractivity contribution in [3.05, 3.63) is 71.5 Å². The second-order valence-electron chi connectivity index (χ2n) is 4.51. The number of ether oxygens (including phenoxy) is 2. The fraction of sp³-hybridized carbons (Fsp3) is 0.250. The van der Waals surface area contributed by atoms with Gasteiger partial charge in [0.05, 0.1) is 18.8 Å². The van der Waals surface area contributed by atoms with E-state index >= 15 is 0 Å². The molecule has 2 aromatic carbocycles. The Labute approximate surface area is 111 Å². The third kappa shape index (κ3) is 2.15. The first-order valence-corrected chi connectivity index (χ1v) is 6.41. The molecule has 2 nitrogen and oxygen atoms in total. The van der Waals surface area contributed by atoms with Gasteiger partial charge in [0.1, 0.15) is 5.82 Å². The van der Waals surface area contributed by atoms with Crippen LogP contribution < -0.4 is 0 Å². The van der Waals surface area contributed by atoms with Crippen molar-refractivity contribution >= 4 is 0 Å². The Hall–Kier alpha value is -1.71. The maximum Gasteiger partial charge on any atom is 0.225 e. The summed E-state index contributed by atoms with van der Waals surface area (Å²) in [6.45, 7) is 1.12. The Bertz CT molecular complexity index is 548. The molecule has 0 saturated carbocycles. The van der Waals surface area contributed by atoms with Gasteiger partial charge in [-0.3, -0.25) is 0 Å². The SMILES string of the molecule is Fc1ccccc1C1(c2ccccc2)OCCCO1. The predicted molar refractivity (Wildman–Crippen MR) is 70.1 cm³/mol. The molecule has 3 heteroatoms. The molecule has 0 aromatic heterocycles. The van der Waals surface area contributed by atoms with Gasteiger partial charge in [0, 0.05) is 5.56 Å². The zero-order valence-electron chi connectivity index (χ0n) is 10.5. The Kier molecular flexibility index (Phi) is 3.32. The summed E-state index contributed by atoms with van der Waals surface area (Å²) in [5.74, 6) is -1.43. The van der Waals surface area contributed by atoms with E-state index in [0.29, 0.717) is 18.8 Å². The van der Waals surface area contributed by atoms with E-state index in [2.05, 4.69) is 0 Å². The molecule has 1 saturated heterocycles. The summed E-state index contributed by atoms with van der Waals surface area (Å²) in [7, 11) is 0. The second kappa shape index (κ2) is 5.11. The Morgan fingerprint density at radius 1 is 0.842 bits per heavy atom. The highest BCUT2D eigenvalue weighted by molar-refractivity contribution is 5.35. The van der Waals surface area contributed by atoms with Crippen molar-refractivity contribution in [2.75, 3.05) is 13.2 Å². The van der Waals surface area contributed by atoms with Crippen molar-refractivity contribution in [2.24, 2.45) is 0 Å². The number of halogens is 1. The van der Waals surface area contributed by atoms with Crippen LogP contribution >= 0.6 is 0 Å². The second-order valence-corrected chi connectivity index (χ2v) is 4.51. The van der Waals surface area contributed by atoms with Crippen LogP contribution in [0.2, 0.25) is 0 Å². The molecule has 1 fully saturated rings. The fourth-order valence-electron chi connectivity index (χ4n) is 2.40. The molecule has 98 valence electrons. The number of rotatable bonds is 2. The zero-order valence-corrected chi connectivity index (χ0v) is 10.5. The van der Waals surface area contributed by atoms with Crippen molar-refractivity contribution in [3.63, 3.8) is 0 Å². The summed E-state index contributed by atoms with van der Waals surface area (Å²) < 4.78 is 25.9. The van der Waals surface area contributed by atoms with E-state index in [-0.39, 0.29) is 5.82 Å². The van der Waals surface area contributed by atoms with Crippen LogP contribution in [0.4, 0.5) is 4.39 Å². The highest BCUT2D eigenvalue weighted by Crippen LogP contribution is 2.38. The molecule has 2 aromatic rings. The van der Waals surface area contributed by atoms with Gasteiger partial charge in [-0.05, 0) is 12.5 Å². The first-order chi connectivity index (χ1) is 9.33. The first kappa shape index (κ1) is 12.3. The van der Waals surface area contributed by atoms with Crippen molar-refractivity contribution in [1.29, 1.82) is 0 Å². The van der Waals surface area contributed by atoms with Gasteiger partial charge in [-0.1, -0.05) is 48.5 Å². The van der Waals surface area contributed by atoms with Crippen molar-refractivity contribution in [2.45, 2.75) is 12.2 Å². The van der Waals surface area contributed by atoms with Crippen LogP contribution in [0.15, 0.2) is 54.6 Å². The Balaban J connectivity index is 2.15. The predicted octanol–water partition coefficient (Wildman–Crippen LogP) is 3.46. The van der Waals surface area contributed by atoms with Gasteiger partial charge in [-0.25, -0.2) is 4.39 Å². The van der Waals surface area contributed by atoms with Crippen molar-refractivity contribution in [1.82, 2.24) is 0 Å². The monoisotopic (exact) mass is 258 g/mol. The summed E-state index contributed by atoms with van der Waals surface area (Å²) in [6.07, 6.45) is 0.822. The summed E-state index contributed by atoms with van der Waals surface area (Å²) >= 11 is 0. The molecule has 0 amide bonds. The van der Waals surface area contributed by atoms with Crippen molar-refractivity contribution < 1.29 is 13.9 Å². The van der Waals surface area contributed by atoms with Gasteiger partial charge in [0.25, 0.3) is 0 Å². The summed E-state index contributed by atoms with van der Waals surface area (Å²) in [5.41, 5.74) is 1.25. The molecule has 1 heterocycles. The maximum atomic E-state index is 14.1. The van der Waals surface area contributed by atoms with Gasteiger partial charge in [-0.2, -0.15) is 0 Å². The molecule has 3 rings (SSSR count). The van der Waals surface area contributed by atoms with Crippen LogP contribution in [-0.2, 0) is 15.3 Å². The smallest absolute Gasteiger partial charge is 0.225 e. The number of benzene rings is 2. The van der Waals surface area contributed by atoms with E-state index < -0.39 is 5.79 Å². The molecule has 1 aliphatic heterocycles. The van der Waals surface area contributed by atoms with Crippen LogP contribution in [0.3, 0.4) is 0 Å². The molecule has 0 N–H and O–H groups in total. The van der Waals surface area contributed by atoms with E-state index in [1.54, 1.807) is 18.2 Å². The van der Waals surface area contributed by atoms with E-state index in [1.165, 1.54) is 6.07 Å². The van der Waals surface area contributed by atoms with E-state index in [9.17, 15) is 4.39 Å². The quantitative estimate of drug-likeness (QED) is 0.821. The van der Waals surface area contributed by atoms with Gasteiger partial charge >= 0.3 is 0 Å². The molecule has 0 spiro atoms. The standard InChI is InChI=1S/C16H15FO2/c17-15-10-5-4-9-14(15)16(18-11-6-12-19-16)13-7-2-1-3-8-13/h1-5,7-10H,6,11-12H2. The summed E-state index contributed by atoms with van der Waals surface area (Å²) in [5, 5.41) is 0. The van der Waals surface area contributed by atoms with Gasteiger partial charge in [0.2, 0.25) is 5.79 Å². The minimum Gasteiger partial charge on any atom is -0.342 e. The minimum absolute atomic E-state index is 0.312.